The Labute approximate surface area is 167 Å². The number of carbonyl (C=O) groups excluding carboxylic acids is 1. The molecular weight excluding hydrogens is 375 g/mol. The molecular formula is C23H19FO5. The summed E-state index contributed by atoms with van der Waals surface area (Å²) in [6.45, 7) is 0. The van der Waals surface area contributed by atoms with E-state index in [0.717, 1.165) is 0 Å². The summed E-state index contributed by atoms with van der Waals surface area (Å²) >= 11 is 0. The molecule has 0 bridgehead atoms. The summed E-state index contributed by atoms with van der Waals surface area (Å²) in [6, 6.07) is 19.7. The summed E-state index contributed by atoms with van der Waals surface area (Å²) in [7, 11) is 2.74. The molecule has 0 aromatic heterocycles. The maximum atomic E-state index is 13.1. The molecule has 0 unspecified atom stereocenters. The molecule has 0 aliphatic heterocycles. The van der Waals surface area contributed by atoms with Gasteiger partial charge in [0.2, 0.25) is 0 Å². The van der Waals surface area contributed by atoms with Crippen molar-refractivity contribution in [3.63, 3.8) is 0 Å². The summed E-state index contributed by atoms with van der Waals surface area (Å²) < 4.78 is 34.6. The van der Waals surface area contributed by atoms with Gasteiger partial charge in [-0.2, -0.15) is 0 Å². The number of halogens is 1. The van der Waals surface area contributed by atoms with Crippen LogP contribution in [0.15, 0.2) is 79.1 Å². The third kappa shape index (κ3) is 5.13. The average Bonchev–Trinajstić information content (AvgIpc) is 2.74. The van der Waals surface area contributed by atoms with E-state index in [1.165, 1.54) is 44.7 Å². The van der Waals surface area contributed by atoms with Crippen molar-refractivity contribution in [1.82, 2.24) is 0 Å². The van der Waals surface area contributed by atoms with Crippen LogP contribution in [-0.4, -0.2) is 20.2 Å². The van der Waals surface area contributed by atoms with Crippen LogP contribution in [0.3, 0.4) is 0 Å². The standard InChI is InChI=1S/C23H19FO5/c1-26-15-21(23(25)27-2)20-8-3-4-9-22(20)29-19-7-5-6-18(14-19)28-17-12-10-16(24)11-13-17/h3-15H,1-2H3/b21-15+. The highest BCUT2D eigenvalue weighted by Crippen LogP contribution is 2.33. The topological polar surface area (TPSA) is 54.0 Å². The first-order chi connectivity index (χ1) is 14.1. The fraction of sp³-hybridized carbons (Fsp3) is 0.0870. The van der Waals surface area contributed by atoms with Gasteiger partial charge in [0, 0.05) is 11.6 Å². The lowest BCUT2D eigenvalue weighted by Gasteiger charge is -2.13. The highest BCUT2D eigenvalue weighted by atomic mass is 19.1. The van der Waals surface area contributed by atoms with Crippen molar-refractivity contribution in [2.45, 2.75) is 0 Å². The minimum atomic E-state index is -0.545. The predicted octanol–water partition coefficient (Wildman–Crippen LogP) is 5.57. The first-order valence-electron chi connectivity index (χ1n) is 8.72. The van der Waals surface area contributed by atoms with Gasteiger partial charge in [-0.05, 0) is 42.5 Å². The first-order valence-corrected chi connectivity index (χ1v) is 8.72. The number of hydrogen-bond donors (Lipinski definition) is 0. The minimum absolute atomic E-state index is 0.226. The number of ether oxygens (including phenoxy) is 4. The molecule has 3 aromatic carbocycles. The average molecular weight is 394 g/mol. The number of rotatable bonds is 7. The van der Waals surface area contributed by atoms with Crippen molar-refractivity contribution < 1.29 is 28.1 Å². The molecule has 0 spiro atoms. The Kier molecular flexibility index (Phi) is 6.47. The molecule has 5 nitrogen and oxygen atoms in total. The predicted molar refractivity (Wildman–Crippen MR) is 106 cm³/mol. The lowest BCUT2D eigenvalue weighted by Crippen LogP contribution is -2.05. The second kappa shape index (κ2) is 9.41. The molecule has 0 fully saturated rings. The van der Waals surface area contributed by atoms with Crippen LogP contribution in [0.2, 0.25) is 0 Å². The zero-order valence-electron chi connectivity index (χ0n) is 15.9. The molecule has 0 saturated carbocycles. The SMILES string of the molecule is CO/C=C(/C(=O)OC)c1ccccc1Oc1cccc(Oc2ccc(F)cc2)c1. The van der Waals surface area contributed by atoms with Gasteiger partial charge >= 0.3 is 5.97 Å². The molecule has 0 radical (unpaired) electrons. The quantitative estimate of drug-likeness (QED) is 0.298. The molecule has 0 saturated heterocycles. The van der Waals surface area contributed by atoms with E-state index in [2.05, 4.69) is 0 Å². The second-order valence-corrected chi connectivity index (χ2v) is 5.89. The lowest BCUT2D eigenvalue weighted by atomic mass is 10.1. The maximum Gasteiger partial charge on any atom is 0.341 e. The normalized spacial score (nSPS) is 10.9. The van der Waals surface area contributed by atoms with Gasteiger partial charge in [0.1, 0.15) is 34.4 Å². The van der Waals surface area contributed by atoms with Crippen molar-refractivity contribution in [2.75, 3.05) is 14.2 Å². The second-order valence-electron chi connectivity index (χ2n) is 5.89. The Balaban J connectivity index is 1.86. The number of carbonyl (C=O) groups is 1. The van der Waals surface area contributed by atoms with Gasteiger partial charge in [-0.1, -0.05) is 24.3 Å². The number of esters is 1. The van der Waals surface area contributed by atoms with Crippen LogP contribution in [-0.2, 0) is 14.3 Å². The Morgan fingerprint density at radius 3 is 2.21 bits per heavy atom. The third-order valence-electron chi connectivity index (χ3n) is 3.90. The maximum absolute atomic E-state index is 13.1. The molecule has 0 aliphatic rings. The van der Waals surface area contributed by atoms with E-state index in [-0.39, 0.29) is 11.4 Å². The van der Waals surface area contributed by atoms with Crippen molar-refractivity contribution in [3.8, 4) is 23.0 Å². The largest absolute Gasteiger partial charge is 0.503 e. The molecule has 148 valence electrons. The molecule has 0 aliphatic carbocycles. The number of benzene rings is 3. The molecule has 6 heteroatoms. The van der Waals surface area contributed by atoms with Gasteiger partial charge in [-0.25, -0.2) is 9.18 Å². The highest BCUT2D eigenvalue weighted by Gasteiger charge is 2.18. The third-order valence-corrected chi connectivity index (χ3v) is 3.90. The summed E-state index contributed by atoms with van der Waals surface area (Å²) in [5.74, 6) is 1.08. The number of hydrogen-bond acceptors (Lipinski definition) is 5. The zero-order chi connectivity index (χ0) is 20.6. The van der Waals surface area contributed by atoms with Gasteiger partial charge in [-0.15, -0.1) is 0 Å². The van der Waals surface area contributed by atoms with Crippen LogP contribution in [0.1, 0.15) is 5.56 Å². The van der Waals surface area contributed by atoms with Crippen molar-refractivity contribution in [2.24, 2.45) is 0 Å². The van der Waals surface area contributed by atoms with E-state index in [9.17, 15) is 9.18 Å². The lowest BCUT2D eigenvalue weighted by molar-refractivity contribution is -0.133. The van der Waals surface area contributed by atoms with Crippen molar-refractivity contribution in [1.29, 1.82) is 0 Å². The van der Waals surface area contributed by atoms with Crippen LogP contribution in [0, 0.1) is 5.82 Å². The van der Waals surface area contributed by atoms with Crippen molar-refractivity contribution >= 4 is 11.5 Å². The molecule has 0 N–H and O–H groups in total. The first kappa shape index (κ1) is 19.9. The molecule has 0 atom stereocenters. The van der Waals surface area contributed by atoms with E-state index in [0.29, 0.717) is 28.6 Å². The van der Waals surface area contributed by atoms with Gasteiger partial charge in [0.15, 0.2) is 0 Å². The molecule has 3 rings (SSSR count). The van der Waals surface area contributed by atoms with E-state index >= 15 is 0 Å². The summed E-state index contributed by atoms with van der Waals surface area (Å²) in [6.07, 6.45) is 1.31. The fourth-order valence-electron chi connectivity index (χ4n) is 2.59. The minimum Gasteiger partial charge on any atom is -0.503 e. The zero-order valence-corrected chi connectivity index (χ0v) is 15.9. The van der Waals surface area contributed by atoms with Crippen LogP contribution < -0.4 is 9.47 Å². The summed E-state index contributed by atoms with van der Waals surface area (Å²) in [5.41, 5.74) is 0.746. The van der Waals surface area contributed by atoms with E-state index in [1.807, 2.05) is 0 Å². The Hall–Kier alpha value is -3.80. The van der Waals surface area contributed by atoms with Gasteiger partial charge < -0.3 is 18.9 Å². The van der Waals surface area contributed by atoms with E-state index < -0.39 is 5.97 Å². The fourth-order valence-corrected chi connectivity index (χ4v) is 2.59. The molecule has 0 heterocycles. The summed E-state index contributed by atoms with van der Waals surface area (Å²) in [4.78, 5) is 12.1. The van der Waals surface area contributed by atoms with Crippen LogP contribution in [0.4, 0.5) is 4.39 Å². The molecule has 3 aromatic rings. The van der Waals surface area contributed by atoms with E-state index in [1.54, 1.807) is 48.5 Å². The summed E-state index contributed by atoms with van der Waals surface area (Å²) in [5, 5.41) is 0. The van der Waals surface area contributed by atoms with Gasteiger partial charge in [0.25, 0.3) is 0 Å². The van der Waals surface area contributed by atoms with Gasteiger partial charge in [-0.3, -0.25) is 0 Å². The smallest absolute Gasteiger partial charge is 0.341 e. The van der Waals surface area contributed by atoms with Crippen LogP contribution in [0.5, 0.6) is 23.0 Å². The van der Waals surface area contributed by atoms with Crippen LogP contribution in [0.25, 0.3) is 5.57 Å². The Morgan fingerprint density at radius 1 is 0.828 bits per heavy atom. The Bertz CT molecular complexity index is 1010. The molecule has 0 amide bonds. The van der Waals surface area contributed by atoms with Gasteiger partial charge in [0.05, 0.1) is 20.5 Å². The molecule has 29 heavy (non-hydrogen) atoms. The monoisotopic (exact) mass is 394 g/mol. The van der Waals surface area contributed by atoms with Crippen molar-refractivity contribution in [3.05, 3.63) is 90.4 Å². The number of methoxy groups -OCH3 is 2. The number of para-hydroxylation sites is 1. The van der Waals surface area contributed by atoms with Crippen LogP contribution >= 0.6 is 0 Å². The van der Waals surface area contributed by atoms with E-state index in [4.69, 9.17) is 18.9 Å². The highest BCUT2D eigenvalue weighted by molar-refractivity contribution is 6.17. The Morgan fingerprint density at radius 2 is 1.52 bits per heavy atom.